The lowest BCUT2D eigenvalue weighted by atomic mass is 10.4. The van der Waals surface area contributed by atoms with E-state index in [1.165, 1.54) is 12.1 Å². The molecule has 1 rings (SSSR count). The minimum atomic E-state index is -0.799. The minimum Gasteiger partial charge on any atom is -0.449 e. The van der Waals surface area contributed by atoms with Crippen LogP contribution < -0.4 is 10.9 Å². The van der Waals surface area contributed by atoms with E-state index in [9.17, 15) is 19.7 Å². The molecule has 2 amide bonds. The molecule has 0 saturated heterocycles. The molecule has 0 bridgehead atoms. The molecule has 8 nitrogen and oxygen atoms in total. The molecule has 1 heterocycles. The van der Waals surface area contributed by atoms with Crippen LogP contribution in [-0.4, -0.2) is 23.5 Å². The number of carbonyl (C=O) groups excluding carboxylic acids is 2. The molecule has 1 aromatic rings. The Hall–Kier alpha value is -2.16. The van der Waals surface area contributed by atoms with Crippen LogP contribution in [0.4, 0.5) is 9.80 Å². The van der Waals surface area contributed by atoms with Crippen LogP contribution in [0.5, 0.6) is 0 Å². The van der Waals surface area contributed by atoms with E-state index in [4.69, 9.17) is 0 Å². The quantitative estimate of drug-likeness (QED) is 0.622. The molecule has 9 heteroatoms. The predicted molar refractivity (Wildman–Crippen MR) is 58.6 cm³/mol. The van der Waals surface area contributed by atoms with Gasteiger partial charge in [-0.15, -0.1) is 0 Å². The highest BCUT2D eigenvalue weighted by molar-refractivity contribution is 7.17. The maximum atomic E-state index is 11.4. The van der Waals surface area contributed by atoms with Gasteiger partial charge in [-0.2, -0.15) is 0 Å². The van der Waals surface area contributed by atoms with Crippen LogP contribution in [0.2, 0.25) is 0 Å². The maximum Gasteiger partial charge on any atom is 0.426 e. The van der Waals surface area contributed by atoms with Gasteiger partial charge in [-0.1, -0.05) is 11.3 Å². The summed E-state index contributed by atoms with van der Waals surface area (Å²) >= 11 is 0.711. The molecule has 0 spiro atoms. The molecule has 0 aliphatic rings. The first kappa shape index (κ1) is 12.9. The monoisotopic (exact) mass is 259 g/mol. The second-order valence-electron chi connectivity index (χ2n) is 2.69. The molecule has 0 unspecified atom stereocenters. The van der Waals surface area contributed by atoms with Gasteiger partial charge in [0.1, 0.15) is 4.88 Å². The van der Waals surface area contributed by atoms with E-state index < -0.39 is 16.9 Å². The van der Waals surface area contributed by atoms with Crippen molar-refractivity contribution in [3.05, 3.63) is 27.1 Å². The number of nitrogens with zero attached hydrogens (tertiary/aromatic N) is 1. The molecular formula is C8H9N3O5S. The van der Waals surface area contributed by atoms with Crippen LogP contribution in [-0.2, 0) is 4.74 Å². The second-order valence-corrected chi connectivity index (χ2v) is 3.76. The van der Waals surface area contributed by atoms with Crippen LogP contribution in [0, 0.1) is 10.1 Å². The Balaban J connectivity index is 2.52. The highest BCUT2D eigenvalue weighted by Crippen LogP contribution is 2.23. The zero-order chi connectivity index (χ0) is 12.8. The van der Waals surface area contributed by atoms with E-state index in [0.29, 0.717) is 11.3 Å². The fourth-order valence-electron chi connectivity index (χ4n) is 0.884. The van der Waals surface area contributed by atoms with Crippen LogP contribution in [0.25, 0.3) is 0 Å². The summed E-state index contributed by atoms with van der Waals surface area (Å²) in [5, 5.41) is 10.2. The Bertz CT molecular complexity index is 444. The number of ether oxygens (including phenoxy) is 1. The van der Waals surface area contributed by atoms with Crippen LogP contribution >= 0.6 is 11.3 Å². The van der Waals surface area contributed by atoms with E-state index in [2.05, 4.69) is 10.2 Å². The summed E-state index contributed by atoms with van der Waals surface area (Å²) in [5.74, 6) is -0.642. The summed E-state index contributed by atoms with van der Waals surface area (Å²) < 4.78 is 4.50. The van der Waals surface area contributed by atoms with Crippen molar-refractivity contribution in [2.75, 3.05) is 6.61 Å². The number of carbonyl (C=O) groups is 2. The van der Waals surface area contributed by atoms with Crippen molar-refractivity contribution in [2.24, 2.45) is 0 Å². The van der Waals surface area contributed by atoms with Gasteiger partial charge in [-0.25, -0.2) is 10.2 Å². The van der Waals surface area contributed by atoms with Gasteiger partial charge in [0, 0.05) is 6.07 Å². The van der Waals surface area contributed by atoms with E-state index >= 15 is 0 Å². The van der Waals surface area contributed by atoms with Crippen LogP contribution in [0.15, 0.2) is 12.1 Å². The number of hydrazine groups is 1. The highest BCUT2D eigenvalue weighted by atomic mass is 32.1. The molecule has 1 aromatic heterocycles. The summed E-state index contributed by atoms with van der Waals surface area (Å²) in [6, 6.07) is 2.51. The highest BCUT2D eigenvalue weighted by Gasteiger charge is 2.15. The average molecular weight is 259 g/mol. The number of hydrogen-bond donors (Lipinski definition) is 2. The Morgan fingerprint density at radius 2 is 2.18 bits per heavy atom. The molecular weight excluding hydrogens is 250 g/mol. The predicted octanol–water partition coefficient (Wildman–Crippen LogP) is 1.05. The number of rotatable bonds is 3. The summed E-state index contributed by atoms with van der Waals surface area (Å²) in [6.07, 6.45) is -0.799. The third-order valence-electron chi connectivity index (χ3n) is 1.55. The summed E-state index contributed by atoms with van der Waals surface area (Å²) in [6.45, 7) is 1.79. The SMILES string of the molecule is CCOC(=O)NNC(=O)c1ccc([N+](=O)[O-])s1. The summed E-state index contributed by atoms with van der Waals surface area (Å²) in [4.78, 5) is 32.1. The molecule has 92 valence electrons. The van der Waals surface area contributed by atoms with Crippen molar-refractivity contribution < 1.29 is 19.2 Å². The van der Waals surface area contributed by atoms with Crippen molar-refractivity contribution in [2.45, 2.75) is 6.92 Å². The largest absolute Gasteiger partial charge is 0.449 e. The first-order valence-corrected chi connectivity index (χ1v) is 5.33. The van der Waals surface area contributed by atoms with Crippen molar-refractivity contribution in [3.8, 4) is 0 Å². The molecule has 0 saturated carbocycles. The summed E-state index contributed by atoms with van der Waals surface area (Å²) in [5.41, 5.74) is 4.06. The van der Waals surface area contributed by atoms with Crippen LogP contribution in [0.1, 0.15) is 16.6 Å². The molecule has 0 radical (unpaired) electrons. The molecule has 0 fully saturated rings. The van der Waals surface area contributed by atoms with Crippen molar-refractivity contribution in [1.29, 1.82) is 0 Å². The van der Waals surface area contributed by atoms with Gasteiger partial charge in [0.15, 0.2) is 0 Å². The van der Waals surface area contributed by atoms with Gasteiger partial charge in [-0.05, 0) is 13.0 Å². The number of thiophene rings is 1. The lowest BCUT2D eigenvalue weighted by Gasteiger charge is -2.05. The van der Waals surface area contributed by atoms with Crippen molar-refractivity contribution in [3.63, 3.8) is 0 Å². The van der Waals surface area contributed by atoms with Gasteiger partial charge < -0.3 is 4.74 Å². The number of amides is 2. The third kappa shape index (κ3) is 3.72. The van der Waals surface area contributed by atoms with E-state index in [-0.39, 0.29) is 16.5 Å². The van der Waals surface area contributed by atoms with E-state index in [1.54, 1.807) is 6.92 Å². The first-order valence-electron chi connectivity index (χ1n) is 4.52. The van der Waals surface area contributed by atoms with Crippen LogP contribution in [0.3, 0.4) is 0 Å². The topological polar surface area (TPSA) is 111 Å². The van der Waals surface area contributed by atoms with Crippen molar-refractivity contribution in [1.82, 2.24) is 10.9 Å². The van der Waals surface area contributed by atoms with Gasteiger partial charge >= 0.3 is 11.1 Å². The second kappa shape index (κ2) is 5.80. The average Bonchev–Trinajstić information content (AvgIpc) is 2.75. The molecule has 0 aromatic carbocycles. The normalized spacial score (nSPS) is 9.47. The zero-order valence-electron chi connectivity index (χ0n) is 8.76. The standard InChI is InChI=1S/C8H9N3O5S/c1-2-16-8(13)10-9-7(12)5-3-4-6(17-5)11(14)15/h3-4H,2H2,1H3,(H,9,12)(H,10,13). The lowest BCUT2D eigenvalue weighted by molar-refractivity contribution is -0.380. The molecule has 2 N–H and O–H groups in total. The Labute approximate surface area is 99.7 Å². The Morgan fingerprint density at radius 3 is 2.71 bits per heavy atom. The van der Waals surface area contributed by atoms with Gasteiger partial charge in [-0.3, -0.25) is 20.3 Å². The Kier molecular flexibility index (Phi) is 4.40. The zero-order valence-corrected chi connectivity index (χ0v) is 9.58. The molecule has 0 aliphatic carbocycles. The fraction of sp³-hybridized carbons (Fsp3) is 0.250. The third-order valence-corrected chi connectivity index (χ3v) is 2.58. The Morgan fingerprint density at radius 1 is 1.47 bits per heavy atom. The van der Waals surface area contributed by atoms with Crippen molar-refractivity contribution >= 4 is 28.3 Å². The number of hydrogen-bond acceptors (Lipinski definition) is 6. The molecule has 0 aliphatic heterocycles. The maximum absolute atomic E-state index is 11.4. The number of nitrogens with one attached hydrogen (secondary N) is 2. The fourth-order valence-corrected chi connectivity index (χ4v) is 1.60. The number of nitro groups is 1. The van der Waals surface area contributed by atoms with Gasteiger partial charge in [0.25, 0.3) is 5.91 Å². The minimum absolute atomic E-state index is 0.119. The van der Waals surface area contributed by atoms with E-state index in [0.717, 1.165) is 0 Å². The molecule has 0 atom stereocenters. The summed E-state index contributed by atoms with van der Waals surface area (Å²) in [7, 11) is 0. The lowest BCUT2D eigenvalue weighted by Crippen LogP contribution is -2.41. The molecule has 17 heavy (non-hydrogen) atoms. The van der Waals surface area contributed by atoms with E-state index in [1.807, 2.05) is 5.43 Å². The smallest absolute Gasteiger partial charge is 0.426 e. The first-order chi connectivity index (χ1) is 8.04. The van der Waals surface area contributed by atoms with Gasteiger partial charge in [0.05, 0.1) is 11.5 Å². The van der Waals surface area contributed by atoms with Gasteiger partial charge in [0.2, 0.25) is 0 Å².